The smallest absolute Gasteiger partial charge is 0.255 e. The molecule has 1 N–H and O–H groups in total. The zero-order valence-corrected chi connectivity index (χ0v) is 16.9. The molecule has 0 aliphatic rings. The molecule has 6 heteroatoms. The van der Waals surface area contributed by atoms with Crippen LogP contribution in [0.15, 0.2) is 76.1 Å². The second kappa shape index (κ2) is 9.06. The lowest BCUT2D eigenvalue weighted by atomic mass is 10.1. The van der Waals surface area contributed by atoms with Crippen LogP contribution in [0.2, 0.25) is 0 Å². The first-order valence-corrected chi connectivity index (χ1v) is 9.96. The Labute approximate surface area is 170 Å². The third kappa shape index (κ3) is 5.11. The molecule has 0 saturated heterocycles. The summed E-state index contributed by atoms with van der Waals surface area (Å²) in [6.45, 7) is 0. The van der Waals surface area contributed by atoms with E-state index in [1.165, 1.54) is 12.1 Å². The number of halogens is 2. The minimum absolute atomic E-state index is 0.138. The lowest BCUT2D eigenvalue weighted by molar-refractivity contribution is 0.102. The van der Waals surface area contributed by atoms with Crippen LogP contribution in [0.1, 0.15) is 15.9 Å². The van der Waals surface area contributed by atoms with Gasteiger partial charge in [0, 0.05) is 26.2 Å². The first-order chi connectivity index (χ1) is 13.1. The maximum atomic E-state index is 14.0. The summed E-state index contributed by atoms with van der Waals surface area (Å²) in [5.41, 5.74) is 1.48. The number of amides is 1. The Balaban J connectivity index is 1.78. The van der Waals surface area contributed by atoms with E-state index in [4.69, 9.17) is 4.74 Å². The molecule has 0 aliphatic heterocycles. The Morgan fingerprint density at radius 3 is 2.59 bits per heavy atom. The minimum Gasteiger partial charge on any atom is -0.496 e. The molecule has 27 heavy (non-hydrogen) atoms. The van der Waals surface area contributed by atoms with Gasteiger partial charge in [-0.1, -0.05) is 34.1 Å². The highest BCUT2D eigenvalue weighted by Gasteiger charge is 2.13. The maximum Gasteiger partial charge on any atom is 0.255 e. The van der Waals surface area contributed by atoms with E-state index < -0.39 is 5.82 Å². The van der Waals surface area contributed by atoms with Gasteiger partial charge >= 0.3 is 0 Å². The molecule has 3 aromatic rings. The molecule has 0 heterocycles. The number of benzene rings is 3. The number of thioether (sulfide) groups is 1. The Morgan fingerprint density at radius 2 is 1.89 bits per heavy atom. The van der Waals surface area contributed by atoms with Crippen LogP contribution in [0.3, 0.4) is 0 Å². The van der Waals surface area contributed by atoms with Crippen molar-refractivity contribution in [2.75, 3.05) is 12.4 Å². The highest BCUT2D eigenvalue weighted by molar-refractivity contribution is 9.10. The molecule has 0 bridgehead atoms. The second-order valence-electron chi connectivity index (χ2n) is 5.71. The standard InChI is InChI=1S/C21H17BrFNO2S/c1-26-20-10-7-14(11-15(20)13-27-17-5-3-2-4-6-17)21(25)24-19-9-8-16(22)12-18(19)23/h2-12H,13H2,1H3,(H,24,25). The molecule has 3 nitrogen and oxygen atoms in total. The van der Waals surface area contributed by atoms with Gasteiger partial charge in [-0.15, -0.1) is 11.8 Å². The van der Waals surface area contributed by atoms with Gasteiger partial charge in [-0.2, -0.15) is 0 Å². The van der Waals surface area contributed by atoms with Crippen LogP contribution in [0.5, 0.6) is 5.75 Å². The van der Waals surface area contributed by atoms with Gasteiger partial charge in [0.05, 0.1) is 12.8 Å². The van der Waals surface area contributed by atoms with Gasteiger partial charge in [0.25, 0.3) is 5.91 Å². The highest BCUT2D eigenvalue weighted by atomic mass is 79.9. The third-order valence-electron chi connectivity index (χ3n) is 3.86. The molecule has 0 fully saturated rings. The number of hydrogen-bond acceptors (Lipinski definition) is 3. The van der Waals surface area contributed by atoms with Crippen molar-refractivity contribution in [3.63, 3.8) is 0 Å². The van der Waals surface area contributed by atoms with Crippen molar-refractivity contribution in [2.24, 2.45) is 0 Å². The molecular formula is C21H17BrFNO2S. The number of rotatable bonds is 6. The summed E-state index contributed by atoms with van der Waals surface area (Å²) < 4.78 is 20.0. The van der Waals surface area contributed by atoms with Gasteiger partial charge in [0.2, 0.25) is 0 Å². The molecular weight excluding hydrogens is 429 g/mol. The number of ether oxygens (including phenoxy) is 1. The molecule has 0 spiro atoms. The van der Waals surface area contributed by atoms with Gasteiger partial charge in [-0.3, -0.25) is 4.79 Å². The van der Waals surface area contributed by atoms with E-state index in [0.29, 0.717) is 21.5 Å². The number of anilines is 1. The molecule has 0 aromatic heterocycles. The molecule has 0 saturated carbocycles. The number of methoxy groups -OCH3 is 1. The summed E-state index contributed by atoms with van der Waals surface area (Å²) in [6.07, 6.45) is 0. The fraction of sp³-hybridized carbons (Fsp3) is 0.0952. The maximum absolute atomic E-state index is 14.0. The van der Waals surface area contributed by atoms with Crippen LogP contribution >= 0.6 is 27.7 Å². The fourth-order valence-corrected chi connectivity index (χ4v) is 3.73. The topological polar surface area (TPSA) is 38.3 Å². The van der Waals surface area contributed by atoms with Crippen molar-refractivity contribution in [3.05, 3.63) is 88.1 Å². The minimum atomic E-state index is -0.494. The average Bonchev–Trinajstić information content (AvgIpc) is 2.69. The Kier molecular flexibility index (Phi) is 6.53. The quantitative estimate of drug-likeness (QED) is 0.462. The van der Waals surface area contributed by atoms with Crippen molar-refractivity contribution in [1.29, 1.82) is 0 Å². The Hall–Kier alpha value is -2.31. The first kappa shape index (κ1) is 19.5. The number of nitrogens with one attached hydrogen (secondary N) is 1. The lowest BCUT2D eigenvalue weighted by Gasteiger charge is -2.12. The largest absolute Gasteiger partial charge is 0.496 e. The third-order valence-corrected chi connectivity index (χ3v) is 5.41. The summed E-state index contributed by atoms with van der Waals surface area (Å²) in [5.74, 6) is 0.502. The van der Waals surface area contributed by atoms with Crippen molar-refractivity contribution in [3.8, 4) is 5.75 Å². The fourth-order valence-electron chi connectivity index (χ4n) is 2.50. The molecule has 0 atom stereocenters. The van der Waals surface area contributed by atoms with E-state index in [-0.39, 0.29) is 11.6 Å². The summed E-state index contributed by atoms with van der Waals surface area (Å²) in [4.78, 5) is 13.7. The van der Waals surface area contributed by atoms with E-state index >= 15 is 0 Å². The predicted molar refractivity (Wildman–Crippen MR) is 111 cm³/mol. The van der Waals surface area contributed by atoms with E-state index in [1.807, 2.05) is 30.3 Å². The number of carbonyl (C=O) groups excluding carboxylic acids is 1. The zero-order valence-electron chi connectivity index (χ0n) is 14.5. The molecule has 0 unspecified atom stereocenters. The SMILES string of the molecule is COc1ccc(C(=O)Nc2ccc(Br)cc2F)cc1CSc1ccccc1. The molecule has 0 aliphatic carbocycles. The second-order valence-corrected chi connectivity index (χ2v) is 7.67. The van der Waals surface area contributed by atoms with Crippen LogP contribution in [0.25, 0.3) is 0 Å². The normalized spacial score (nSPS) is 10.5. The summed E-state index contributed by atoms with van der Waals surface area (Å²) in [7, 11) is 1.60. The predicted octanol–water partition coefficient (Wildman–Crippen LogP) is 6.14. The number of hydrogen-bond donors (Lipinski definition) is 1. The van der Waals surface area contributed by atoms with Gasteiger partial charge in [-0.25, -0.2) is 4.39 Å². The molecule has 0 radical (unpaired) electrons. The van der Waals surface area contributed by atoms with Gasteiger partial charge in [0.15, 0.2) is 0 Å². The van der Waals surface area contributed by atoms with E-state index in [9.17, 15) is 9.18 Å². The molecule has 3 rings (SSSR count). The first-order valence-electron chi connectivity index (χ1n) is 8.18. The van der Waals surface area contributed by atoms with Crippen molar-refractivity contribution >= 4 is 39.3 Å². The van der Waals surface area contributed by atoms with E-state index in [0.717, 1.165) is 10.5 Å². The van der Waals surface area contributed by atoms with Crippen LogP contribution in [-0.2, 0) is 5.75 Å². The Morgan fingerprint density at radius 1 is 1.11 bits per heavy atom. The zero-order chi connectivity index (χ0) is 19.2. The lowest BCUT2D eigenvalue weighted by Crippen LogP contribution is -2.13. The van der Waals surface area contributed by atoms with E-state index in [1.54, 1.807) is 43.1 Å². The van der Waals surface area contributed by atoms with Crippen molar-refractivity contribution < 1.29 is 13.9 Å². The van der Waals surface area contributed by atoms with Crippen LogP contribution in [-0.4, -0.2) is 13.0 Å². The van der Waals surface area contributed by atoms with Gasteiger partial charge in [-0.05, 0) is 48.5 Å². The number of carbonyl (C=O) groups is 1. The van der Waals surface area contributed by atoms with Gasteiger partial charge in [0.1, 0.15) is 11.6 Å². The summed E-state index contributed by atoms with van der Waals surface area (Å²) in [6, 6.07) is 19.7. The highest BCUT2D eigenvalue weighted by Crippen LogP contribution is 2.29. The van der Waals surface area contributed by atoms with Crippen molar-refractivity contribution in [2.45, 2.75) is 10.6 Å². The van der Waals surface area contributed by atoms with E-state index in [2.05, 4.69) is 21.2 Å². The van der Waals surface area contributed by atoms with Crippen LogP contribution in [0, 0.1) is 5.82 Å². The Bertz CT molecular complexity index is 950. The summed E-state index contributed by atoms with van der Waals surface area (Å²) in [5, 5.41) is 2.61. The van der Waals surface area contributed by atoms with Crippen LogP contribution < -0.4 is 10.1 Å². The monoisotopic (exact) mass is 445 g/mol. The van der Waals surface area contributed by atoms with Crippen molar-refractivity contribution in [1.82, 2.24) is 0 Å². The summed E-state index contributed by atoms with van der Waals surface area (Å²) >= 11 is 4.85. The molecule has 1 amide bonds. The van der Waals surface area contributed by atoms with Crippen LogP contribution in [0.4, 0.5) is 10.1 Å². The molecule has 138 valence electrons. The average molecular weight is 446 g/mol. The molecule has 3 aromatic carbocycles. The van der Waals surface area contributed by atoms with Gasteiger partial charge < -0.3 is 10.1 Å².